The van der Waals surface area contributed by atoms with Gasteiger partial charge in [0, 0.05) is 23.1 Å². The van der Waals surface area contributed by atoms with Crippen LogP contribution in [0, 0.1) is 5.92 Å². The summed E-state index contributed by atoms with van der Waals surface area (Å²) >= 11 is 0. The molecule has 1 saturated heterocycles. The number of pyridine rings is 1. The largest absolute Gasteiger partial charge is 0.412 e. The fraction of sp³-hybridized carbons (Fsp3) is 0.312. The van der Waals surface area contributed by atoms with Gasteiger partial charge in [-0.05, 0) is 31.4 Å². The van der Waals surface area contributed by atoms with Crippen LogP contribution >= 0.6 is 0 Å². The van der Waals surface area contributed by atoms with E-state index in [9.17, 15) is 0 Å². The number of rotatable bonds is 0. The fourth-order valence-electron chi connectivity index (χ4n) is 3.00. The van der Waals surface area contributed by atoms with Gasteiger partial charge in [-0.3, -0.25) is 0 Å². The molecule has 2 aliphatic rings. The molecule has 0 amide bonds. The third kappa shape index (κ3) is 1.81. The number of hydrogen-bond donors (Lipinski definition) is 1. The van der Waals surface area contributed by atoms with Crippen LogP contribution in [0.5, 0.6) is 0 Å². The summed E-state index contributed by atoms with van der Waals surface area (Å²) in [6.45, 7) is 0.927. The summed E-state index contributed by atoms with van der Waals surface area (Å²) in [6.07, 6.45) is 5.64. The van der Waals surface area contributed by atoms with E-state index in [0.717, 1.165) is 34.8 Å². The van der Waals surface area contributed by atoms with Crippen LogP contribution in [0.3, 0.4) is 0 Å². The lowest BCUT2D eigenvalue weighted by molar-refractivity contribution is 0.150. The normalized spacial score (nSPS) is 21.9. The van der Waals surface area contributed by atoms with Gasteiger partial charge in [-0.15, -0.1) is 0 Å². The molecule has 19 heavy (non-hydrogen) atoms. The fourth-order valence-corrected chi connectivity index (χ4v) is 3.00. The molecule has 0 bridgehead atoms. The molecule has 1 unspecified atom stereocenters. The van der Waals surface area contributed by atoms with Crippen molar-refractivity contribution in [3.8, 4) is 0 Å². The molecule has 96 valence electrons. The number of nitrogens with zero attached hydrogens (tertiary/aromatic N) is 1. The van der Waals surface area contributed by atoms with Crippen LogP contribution in [0.15, 0.2) is 30.3 Å². The summed E-state index contributed by atoms with van der Waals surface area (Å²) in [5.41, 5.74) is 4.11. The molecule has 2 heterocycles. The number of benzene rings is 1. The van der Waals surface area contributed by atoms with Crippen LogP contribution in [0.4, 0.5) is 0 Å². The van der Waals surface area contributed by atoms with Gasteiger partial charge in [-0.1, -0.05) is 24.3 Å². The number of hydrogen-bond acceptors (Lipinski definition) is 3. The summed E-state index contributed by atoms with van der Waals surface area (Å²) in [4.78, 5) is 10.5. The molecule has 0 spiro atoms. The summed E-state index contributed by atoms with van der Waals surface area (Å²) in [5, 5.41) is 3.40. The van der Waals surface area contributed by atoms with Gasteiger partial charge >= 0.3 is 0 Å². The lowest BCUT2D eigenvalue weighted by Gasteiger charge is -2.18. The summed E-state index contributed by atoms with van der Waals surface area (Å²) in [5.74, 6) is 1.58. The predicted molar refractivity (Wildman–Crippen MR) is 75.3 cm³/mol. The quantitative estimate of drug-likeness (QED) is 0.771. The summed E-state index contributed by atoms with van der Waals surface area (Å²) in [7, 11) is 0. The molecule has 1 aliphatic heterocycles. The lowest BCUT2D eigenvalue weighted by Crippen LogP contribution is -2.36. The maximum atomic E-state index is 5.79. The smallest absolute Gasteiger partial charge is 0.137 e. The van der Waals surface area contributed by atoms with E-state index in [2.05, 4.69) is 35.8 Å². The van der Waals surface area contributed by atoms with Gasteiger partial charge in [0.05, 0.1) is 10.9 Å². The van der Waals surface area contributed by atoms with Crippen LogP contribution in [-0.4, -0.2) is 11.5 Å². The molecule has 2 aromatic rings. The van der Waals surface area contributed by atoms with E-state index in [-0.39, 0.29) is 0 Å². The lowest BCUT2D eigenvalue weighted by atomic mass is 9.92. The third-order valence-electron chi connectivity index (χ3n) is 4.00. The van der Waals surface area contributed by atoms with Gasteiger partial charge in [-0.2, -0.15) is 5.48 Å². The highest BCUT2D eigenvalue weighted by Gasteiger charge is 2.22. The van der Waals surface area contributed by atoms with Gasteiger partial charge in [0.1, 0.15) is 5.76 Å². The van der Waals surface area contributed by atoms with Crippen molar-refractivity contribution in [1.29, 1.82) is 0 Å². The van der Waals surface area contributed by atoms with Crippen molar-refractivity contribution >= 4 is 22.7 Å². The zero-order chi connectivity index (χ0) is 12.7. The number of para-hydroxylation sites is 1. The predicted octanol–water partition coefficient (Wildman–Crippen LogP) is 1.46. The molecule has 0 saturated carbocycles. The summed E-state index contributed by atoms with van der Waals surface area (Å²) < 4.78 is 0. The first-order valence-electron chi connectivity index (χ1n) is 6.92. The van der Waals surface area contributed by atoms with E-state index in [1.807, 2.05) is 6.07 Å². The van der Waals surface area contributed by atoms with E-state index in [0.29, 0.717) is 5.92 Å². The minimum absolute atomic E-state index is 0.505. The zero-order valence-electron chi connectivity index (χ0n) is 10.7. The molecule has 4 rings (SSSR count). The van der Waals surface area contributed by atoms with E-state index in [4.69, 9.17) is 9.82 Å². The summed E-state index contributed by atoms with van der Waals surface area (Å²) in [6, 6.07) is 10.5. The first-order valence-corrected chi connectivity index (χ1v) is 6.92. The van der Waals surface area contributed by atoms with Crippen LogP contribution in [0.1, 0.15) is 19.3 Å². The second kappa shape index (κ2) is 4.35. The Morgan fingerprint density at radius 2 is 2.21 bits per heavy atom. The Labute approximate surface area is 111 Å². The van der Waals surface area contributed by atoms with Crippen molar-refractivity contribution in [3.63, 3.8) is 0 Å². The molecule has 1 aliphatic carbocycles. The van der Waals surface area contributed by atoms with Crippen LogP contribution < -0.4 is 16.0 Å². The average Bonchev–Trinajstić information content (AvgIpc) is 2.70. The highest BCUT2D eigenvalue weighted by atomic mass is 16.6. The van der Waals surface area contributed by atoms with Crippen molar-refractivity contribution < 1.29 is 4.84 Å². The molecule has 1 aromatic carbocycles. The first-order chi connectivity index (χ1) is 9.42. The van der Waals surface area contributed by atoms with Crippen molar-refractivity contribution in [2.24, 2.45) is 5.92 Å². The number of nitrogens with one attached hydrogen (secondary N) is 1. The molecule has 1 atom stereocenters. The van der Waals surface area contributed by atoms with Gasteiger partial charge in [0.2, 0.25) is 0 Å². The molecule has 1 aromatic heterocycles. The standard InChI is InChI=1S/C16H16N2O/c1-2-6-14-12(4-1)10-13-15(18-14)8-7-11-5-3-9-17-19-16(11)13/h1-2,4,6,8,10-11,17H,3,5,7,9H2. The Kier molecular flexibility index (Phi) is 2.52. The number of fused-ring (bicyclic) bond motifs is 3. The number of hydroxylamine groups is 1. The Bertz CT molecular complexity index is 751. The van der Waals surface area contributed by atoms with Crippen molar-refractivity contribution in [3.05, 3.63) is 40.9 Å². The Hall–Kier alpha value is -1.87. The topological polar surface area (TPSA) is 34.1 Å². The molecule has 1 fully saturated rings. The Morgan fingerprint density at radius 3 is 3.21 bits per heavy atom. The molecule has 3 nitrogen and oxygen atoms in total. The van der Waals surface area contributed by atoms with E-state index in [1.165, 1.54) is 18.2 Å². The van der Waals surface area contributed by atoms with Gasteiger partial charge in [0.25, 0.3) is 0 Å². The molecule has 1 N–H and O–H groups in total. The molecular formula is C16H16N2O. The minimum atomic E-state index is 0.505. The van der Waals surface area contributed by atoms with Crippen molar-refractivity contribution in [2.45, 2.75) is 19.3 Å². The van der Waals surface area contributed by atoms with Gasteiger partial charge < -0.3 is 4.84 Å². The van der Waals surface area contributed by atoms with Crippen LogP contribution in [-0.2, 0) is 4.84 Å². The second-order valence-electron chi connectivity index (χ2n) is 5.25. The second-order valence-corrected chi connectivity index (χ2v) is 5.25. The zero-order valence-corrected chi connectivity index (χ0v) is 10.7. The highest BCUT2D eigenvalue weighted by Crippen LogP contribution is 2.25. The maximum absolute atomic E-state index is 5.79. The Balaban J connectivity index is 2.04. The molecular weight excluding hydrogens is 236 g/mol. The monoisotopic (exact) mass is 252 g/mol. The SMILES string of the molecule is C1=c2nc3ccccc3cc2=C2ONCCCC2C1. The average molecular weight is 252 g/mol. The molecule has 0 radical (unpaired) electrons. The van der Waals surface area contributed by atoms with Crippen molar-refractivity contribution in [1.82, 2.24) is 10.5 Å². The van der Waals surface area contributed by atoms with Gasteiger partial charge in [-0.25, -0.2) is 4.98 Å². The first kappa shape index (κ1) is 11.0. The van der Waals surface area contributed by atoms with E-state index >= 15 is 0 Å². The third-order valence-corrected chi connectivity index (χ3v) is 4.00. The maximum Gasteiger partial charge on any atom is 0.137 e. The molecule has 3 heteroatoms. The Morgan fingerprint density at radius 1 is 1.26 bits per heavy atom. The van der Waals surface area contributed by atoms with E-state index < -0.39 is 0 Å². The number of aromatic nitrogens is 1. The van der Waals surface area contributed by atoms with Crippen LogP contribution in [0.2, 0.25) is 0 Å². The highest BCUT2D eigenvalue weighted by molar-refractivity contribution is 5.79. The van der Waals surface area contributed by atoms with Crippen LogP contribution in [0.25, 0.3) is 22.7 Å². The van der Waals surface area contributed by atoms with Crippen molar-refractivity contribution in [2.75, 3.05) is 6.54 Å². The van der Waals surface area contributed by atoms with Gasteiger partial charge in [0.15, 0.2) is 0 Å². The van der Waals surface area contributed by atoms with E-state index in [1.54, 1.807) is 0 Å². The minimum Gasteiger partial charge on any atom is -0.412 e.